The van der Waals surface area contributed by atoms with Gasteiger partial charge in [0.05, 0.1) is 12.3 Å². The van der Waals surface area contributed by atoms with E-state index in [0.717, 1.165) is 36.7 Å². The summed E-state index contributed by atoms with van der Waals surface area (Å²) in [4.78, 5) is 9.18. The maximum absolute atomic E-state index is 5.19. The first-order valence-electron chi connectivity index (χ1n) is 7.36. The number of hydrogen-bond donors (Lipinski definition) is 1. The van der Waals surface area contributed by atoms with E-state index >= 15 is 0 Å². The molecule has 0 amide bonds. The fraction of sp³-hybridized carbons (Fsp3) is 0.412. The smallest absolute Gasteiger partial charge is 0.135 e. The van der Waals surface area contributed by atoms with Crippen molar-refractivity contribution in [3.63, 3.8) is 0 Å². The number of hydrogen-bond acceptors (Lipinski definition) is 4. The van der Waals surface area contributed by atoms with Crippen LogP contribution in [0.4, 0.5) is 5.82 Å². The summed E-state index contributed by atoms with van der Waals surface area (Å²) in [5.41, 5.74) is 3.39. The van der Waals surface area contributed by atoms with Crippen molar-refractivity contribution < 1.29 is 4.74 Å². The lowest BCUT2D eigenvalue weighted by molar-refractivity contribution is 0.181. The molecule has 0 atom stereocenters. The van der Waals surface area contributed by atoms with Gasteiger partial charge in [0.1, 0.15) is 11.6 Å². The zero-order valence-corrected chi connectivity index (χ0v) is 13.0. The molecule has 0 radical (unpaired) electrons. The number of aryl methyl sites for hydroxylation is 1. The molecule has 4 heteroatoms. The van der Waals surface area contributed by atoms with Gasteiger partial charge in [-0.05, 0) is 18.9 Å². The number of methoxy groups -OCH3 is 1. The van der Waals surface area contributed by atoms with Crippen molar-refractivity contribution >= 4 is 5.82 Å². The fourth-order valence-corrected chi connectivity index (χ4v) is 2.20. The van der Waals surface area contributed by atoms with Crippen LogP contribution in [0.15, 0.2) is 30.3 Å². The highest BCUT2D eigenvalue weighted by Gasteiger charge is 2.06. The van der Waals surface area contributed by atoms with Gasteiger partial charge in [-0.1, -0.05) is 36.8 Å². The third-order valence-corrected chi connectivity index (χ3v) is 3.12. The van der Waals surface area contributed by atoms with Crippen molar-refractivity contribution in [3.05, 3.63) is 53.0 Å². The largest absolute Gasteiger partial charge is 0.378 e. The van der Waals surface area contributed by atoms with Crippen LogP contribution in [0.3, 0.4) is 0 Å². The van der Waals surface area contributed by atoms with E-state index in [1.165, 1.54) is 11.1 Å². The van der Waals surface area contributed by atoms with Crippen LogP contribution in [0.25, 0.3) is 0 Å². The lowest BCUT2D eigenvalue weighted by atomic mass is 10.1. The van der Waals surface area contributed by atoms with Gasteiger partial charge in [-0.15, -0.1) is 0 Å². The average molecular weight is 285 g/mol. The van der Waals surface area contributed by atoms with Crippen molar-refractivity contribution in [2.45, 2.75) is 33.3 Å². The first kappa shape index (κ1) is 15.4. The van der Waals surface area contributed by atoms with E-state index < -0.39 is 0 Å². The summed E-state index contributed by atoms with van der Waals surface area (Å²) in [6, 6.07) is 10.4. The van der Waals surface area contributed by atoms with Crippen LogP contribution >= 0.6 is 0 Å². The predicted octanol–water partition coefficient (Wildman–Crippen LogP) is 3.34. The molecule has 0 aliphatic carbocycles. The van der Waals surface area contributed by atoms with Crippen molar-refractivity contribution in [3.8, 4) is 0 Å². The summed E-state index contributed by atoms with van der Waals surface area (Å²) in [6.45, 7) is 5.65. The van der Waals surface area contributed by atoms with Crippen molar-refractivity contribution in [1.29, 1.82) is 0 Å². The van der Waals surface area contributed by atoms with E-state index in [0.29, 0.717) is 6.61 Å². The number of nitrogens with zero attached hydrogens (tertiary/aromatic N) is 2. The molecule has 1 aromatic carbocycles. The Morgan fingerprint density at radius 3 is 2.76 bits per heavy atom. The monoisotopic (exact) mass is 285 g/mol. The average Bonchev–Trinajstić information content (AvgIpc) is 2.45. The van der Waals surface area contributed by atoms with Crippen molar-refractivity contribution in [2.75, 3.05) is 19.0 Å². The summed E-state index contributed by atoms with van der Waals surface area (Å²) in [5, 5.41) is 3.32. The highest BCUT2D eigenvalue weighted by Crippen LogP contribution is 2.13. The van der Waals surface area contributed by atoms with E-state index in [9.17, 15) is 0 Å². The SMILES string of the molecule is CCCNc1cc(COC)nc(Cc2cccc(C)c2)n1. The molecular weight excluding hydrogens is 262 g/mol. The first-order valence-corrected chi connectivity index (χ1v) is 7.36. The van der Waals surface area contributed by atoms with Crippen LogP contribution in [0.1, 0.15) is 36.0 Å². The Hall–Kier alpha value is -1.94. The molecule has 112 valence electrons. The highest BCUT2D eigenvalue weighted by atomic mass is 16.5. The lowest BCUT2D eigenvalue weighted by Crippen LogP contribution is -2.08. The molecule has 0 unspecified atom stereocenters. The van der Waals surface area contributed by atoms with Crippen molar-refractivity contribution in [1.82, 2.24) is 9.97 Å². The molecule has 0 saturated carbocycles. The van der Waals surface area contributed by atoms with E-state index in [1.807, 2.05) is 6.07 Å². The van der Waals surface area contributed by atoms with Gasteiger partial charge in [0.25, 0.3) is 0 Å². The molecule has 1 N–H and O–H groups in total. The van der Waals surface area contributed by atoms with E-state index in [-0.39, 0.29) is 0 Å². The Morgan fingerprint density at radius 2 is 2.05 bits per heavy atom. The van der Waals surface area contributed by atoms with Gasteiger partial charge in [0, 0.05) is 26.1 Å². The number of nitrogens with one attached hydrogen (secondary N) is 1. The van der Waals surface area contributed by atoms with Gasteiger partial charge in [-0.2, -0.15) is 0 Å². The molecule has 0 bridgehead atoms. The topological polar surface area (TPSA) is 47.0 Å². The second kappa shape index (κ2) is 7.74. The molecule has 0 aliphatic rings. The number of benzene rings is 1. The minimum absolute atomic E-state index is 0.504. The molecule has 0 aliphatic heterocycles. The molecule has 1 aromatic heterocycles. The van der Waals surface area contributed by atoms with Crippen molar-refractivity contribution in [2.24, 2.45) is 0 Å². The minimum atomic E-state index is 0.504. The Balaban J connectivity index is 2.22. The number of rotatable bonds is 7. The van der Waals surface area contributed by atoms with Crippen LogP contribution in [0, 0.1) is 6.92 Å². The molecule has 0 spiro atoms. The number of ether oxygens (including phenoxy) is 1. The predicted molar refractivity (Wildman–Crippen MR) is 85.5 cm³/mol. The van der Waals surface area contributed by atoms with E-state index in [2.05, 4.69) is 53.4 Å². The second-order valence-corrected chi connectivity index (χ2v) is 5.19. The molecule has 4 nitrogen and oxygen atoms in total. The van der Waals surface area contributed by atoms with E-state index in [1.54, 1.807) is 7.11 Å². The van der Waals surface area contributed by atoms with Gasteiger partial charge < -0.3 is 10.1 Å². The second-order valence-electron chi connectivity index (χ2n) is 5.19. The maximum atomic E-state index is 5.19. The summed E-state index contributed by atoms with van der Waals surface area (Å²) in [5.74, 6) is 1.70. The Kier molecular flexibility index (Phi) is 5.69. The molecule has 0 saturated heterocycles. The molecule has 2 aromatic rings. The zero-order valence-electron chi connectivity index (χ0n) is 13.0. The molecule has 21 heavy (non-hydrogen) atoms. The third kappa shape index (κ3) is 4.83. The van der Waals surface area contributed by atoms with Gasteiger partial charge in [-0.25, -0.2) is 9.97 Å². The Bertz CT molecular complexity index is 584. The summed E-state index contributed by atoms with van der Waals surface area (Å²) >= 11 is 0. The summed E-state index contributed by atoms with van der Waals surface area (Å²) in [6.07, 6.45) is 1.80. The Labute approximate surface area is 126 Å². The van der Waals surface area contributed by atoms with Gasteiger partial charge in [-0.3, -0.25) is 0 Å². The van der Waals surface area contributed by atoms with Crippen LogP contribution in [-0.2, 0) is 17.8 Å². The highest BCUT2D eigenvalue weighted by molar-refractivity contribution is 5.37. The number of aromatic nitrogens is 2. The summed E-state index contributed by atoms with van der Waals surface area (Å²) in [7, 11) is 1.68. The van der Waals surface area contributed by atoms with Gasteiger partial charge in [0.15, 0.2) is 0 Å². The molecular formula is C17H23N3O. The van der Waals surface area contributed by atoms with E-state index in [4.69, 9.17) is 4.74 Å². The minimum Gasteiger partial charge on any atom is -0.378 e. The van der Waals surface area contributed by atoms with Crippen LogP contribution in [-0.4, -0.2) is 23.6 Å². The normalized spacial score (nSPS) is 10.6. The van der Waals surface area contributed by atoms with Gasteiger partial charge >= 0.3 is 0 Å². The molecule has 1 heterocycles. The van der Waals surface area contributed by atoms with Gasteiger partial charge in [0.2, 0.25) is 0 Å². The fourth-order valence-electron chi connectivity index (χ4n) is 2.20. The molecule has 2 rings (SSSR count). The third-order valence-electron chi connectivity index (χ3n) is 3.12. The lowest BCUT2D eigenvalue weighted by Gasteiger charge is -2.09. The van der Waals surface area contributed by atoms with Crippen LogP contribution in [0.5, 0.6) is 0 Å². The Morgan fingerprint density at radius 1 is 1.19 bits per heavy atom. The standard InChI is InChI=1S/C17H23N3O/c1-4-8-18-16-11-15(12-21-3)19-17(20-16)10-14-7-5-6-13(2)9-14/h5-7,9,11H,4,8,10,12H2,1-3H3,(H,18,19,20). The number of anilines is 1. The quantitative estimate of drug-likeness (QED) is 0.847. The zero-order chi connectivity index (χ0) is 15.1. The first-order chi connectivity index (χ1) is 10.2. The van der Waals surface area contributed by atoms with Crippen LogP contribution in [0.2, 0.25) is 0 Å². The summed E-state index contributed by atoms with van der Waals surface area (Å²) < 4.78 is 5.19. The van der Waals surface area contributed by atoms with Crippen LogP contribution < -0.4 is 5.32 Å². The molecule has 0 fully saturated rings. The maximum Gasteiger partial charge on any atom is 0.135 e.